The predicted molar refractivity (Wildman–Crippen MR) is 80.8 cm³/mol. The highest BCUT2D eigenvalue weighted by atomic mass is 79.9. The highest BCUT2D eigenvalue weighted by Gasteiger charge is 2.24. The second-order valence-corrected chi connectivity index (χ2v) is 5.99. The molecule has 1 aromatic carbocycles. The molecule has 0 bridgehead atoms. The Hall–Kier alpha value is -0.870. The summed E-state index contributed by atoms with van der Waals surface area (Å²) < 4.78 is 1.12. The zero-order valence-electron chi connectivity index (χ0n) is 11.4. The fourth-order valence-corrected chi connectivity index (χ4v) is 2.78. The Balaban J connectivity index is 1.80. The van der Waals surface area contributed by atoms with E-state index >= 15 is 0 Å². The van der Waals surface area contributed by atoms with Crippen LogP contribution in [-0.4, -0.2) is 30.4 Å². The number of nitrogens with zero attached hydrogens (tertiary/aromatic N) is 1. The summed E-state index contributed by atoms with van der Waals surface area (Å²) in [4.78, 5) is 14.2. The third kappa shape index (κ3) is 4.32. The van der Waals surface area contributed by atoms with E-state index in [1.807, 2.05) is 6.92 Å². The number of rotatable bonds is 4. The number of nitrogens with one attached hydrogen (secondary N) is 1. The summed E-state index contributed by atoms with van der Waals surface area (Å²) in [6.07, 6.45) is 1.95. The lowest BCUT2D eigenvalue weighted by Crippen LogP contribution is -2.40. The zero-order chi connectivity index (χ0) is 13.7. The molecule has 19 heavy (non-hydrogen) atoms. The van der Waals surface area contributed by atoms with Gasteiger partial charge in [-0.1, -0.05) is 28.1 Å². The monoisotopic (exact) mass is 324 g/mol. The number of benzene rings is 1. The molecule has 0 atom stereocenters. The summed E-state index contributed by atoms with van der Waals surface area (Å²) in [6, 6.07) is 8.47. The Bertz CT molecular complexity index is 411. The van der Waals surface area contributed by atoms with E-state index in [0.29, 0.717) is 0 Å². The van der Waals surface area contributed by atoms with Gasteiger partial charge >= 0.3 is 0 Å². The van der Waals surface area contributed by atoms with Crippen molar-refractivity contribution in [1.82, 2.24) is 10.2 Å². The van der Waals surface area contributed by atoms with E-state index in [2.05, 4.69) is 50.4 Å². The average molecular weight is 325 g/mol. The van der Waals surface area contributed by atoms with Gasteiger partial charge in [-0.15, -0.1) is 0 Å². The highest BCUT2D eigenvalue weighted by Crippen LogP contribution is 2.20. The maximum atomic E-state index is 11.8. The van der Waals surface area contributed by atoms with Crippen LogP contribution in [0.3, 0.4) is 0 Å². The van der Waals surface area contributed by atoms with E-state index in [1.165, 1.54) is 5.56 Å². The molecule has 0 unspecified atom stereocenters. The maximum Gasteiger partial charge on any atom is 0.223 e. The average Bonchev–Trinajstić information content (AvgIpc) is 2.42. The van der Waals surface area contributed by atoms with Crippen LogP contribution in [-0.2, 0) is 11.3 Å². The summed E-state index contributed by atoms with van der Waals surface area (Å²) in [5.74, 6) is 0.437. The molecule has 2 rings (SSSR count). The Kier molecular flexibility index (Phi) is 5.40. The number of halogens is 1. The third-order valence-corrected chi connectivity index (χ3v) is 4.16. The SMILES string of the molecule is CCNC(=O)C1CCN(Cc2ccc(Br)cc2)CC1. The van der Waals surface area contributed by atoms with Gasteiger partial charge in [0.15, 0.2) is 0 Å². The van der Waals surface area contributed by atoms with Gasteiger partial charge < -0.3 is 5.32 Å². The van der Waals surface area contributed by atoms with Crippen molar-refractivity contribution in [1.29, 1.82) is 0 Å². The van der Waals surface area contributed by atoms with E-state index in [-0.39, 0.29) is 11.8 Å². The first-order chi connectivity index (χ1) is 9.19. The van der Waals surface area contributed by atoms with Gasteiger partial charge in [-0.3, -0.25) is 9.69 Å². The van der Waals surface area contributed by atoms with Gasteiger partial charge in [0, 0.05) is 23.5 Å². The molecule has 1 amide bonds. The van der Waals surface area contributed by atoms with Crippen molar-refractivity contribution >= 4 is 21.8 Å². The molecule has 0 saturated carbocycles. The van der Waals surface area contributed by atoms with Crippen LogP contribution in [0.2, 0.25) is 0 Å². The van der Waals surface area contributed by atoms with E-state index in [1.54, 1.807) is 0 Å². The fourth-order valence-electron chi connectivity index (χ4n) is 2.52. The largest absolute Gasteiger partial charge is 0.356 e. The van der Waals surface area contributed by atoms with Crippen molar-refractivity contribution in [3.63, 3.8) is 0 Å². The normalized spacial score (nSPS) is 17.4. The van der Waals surface area contributed by atoms with E-state index in [4.69, 9.17) is 0 Å². The maximum absolute atomic E-state index is 11.8. The first kappa shape index (κ1) is 14.5. The zero-order valence-corrected chi connectivity index (χ0v) is 12.9. The van der Waals surface area contributed by atoms with Crippen molar-refractivity contribution < 1.29 is 4.79 Å². The molecule has 0 aromatic heterocycles. The van der Waals surface area contributed by atoms with Crippen LogP contribution in [0, 0.1) is 5.92 Å². The summed E-state index contributed by atoms with van der Waals surface area (Å²) >= 11 is 3.45. The molecule has 1 aliphatic heterocycles. The highest BCUT2D eigenvalue weighted by molar-refractivity contribution is 9.10. The number of likely N-dealkylation sites (tertiary alicyclic amines) is 1. The molecular formula is C15H21BrN2O. The van der Waals surface area contributed by atoms with Crippen molar-refractivity contribution in [2.45, 2.75) is 26.3 Å². The minimum Gasteiger partial charge on any atom is -0.356 e. The lowest BCUT2D eigenvalue weighted by molar-refractivity contribution is -0.126. The molecule has 0 radical (unpaired) electrons. The molecule has 0 aliphatic carbocycles. The standard InChI is InChI=1S/C15H21BrN2O/c1-2-17-15(19)13-7-9-18(10-8-13)11-12-3-5-14(16)6-4-12/h3-6,13H,2,7-11H2,1H3,(H,17,19). The van der Waals surface area contributed by atoms with Crippen LogP contribution in [0.15, 0.2) is 28.7 Å². The minimum absolute atomic E-state index is 0.209. The first-order valence-electron chi connectivity index (χ1n) is 6.93. The molecule has 104 valence electrons. The van der Waals surface area contributed by atoms with Crippen LogP contribution in [0.1, 0.15) is 25.3 Å². The molecule has 1 aromatic rings. The Labute approximate surface area is 123 Å². The van der Waals surface area contributed by atoms with Crippen molar-refractivity contribution in [3.05, 3.63) is 34.3 Å². The number of hydrogen-bond acceptors (Lipinski definition) is 2. The van der Waals surface area contributed by atoms with Crippen LogP contribution in [0.25, 0.3) is 0 Å². The summed E-state index contributed by atoms with van der Waals surface area (Å²) in [7, 11) is 0. The molecule has 1 saturated heterocycles. The van der Waals surface area contributed by atoms with Gasteiger partial charge in [-0.25, -0.2) is 0 Å². The van der Waals surface area contributed by atoms with Crippen molar-refractivity contribution in [3.8, 4) is 0 Å². The summed E-state index contributed by atoms with van der Waals surface area (Å²) in [6.45, 7) is 5.71. The topological polar surface area (TPSA) is 32.3 Å². The van der Waals surface area contributed by atoms with Crippen LogP contribution in [0.4, 0.5) is 0 Å². The van der Waals surface area contributed by atoms with Crippen LogP contribution >= 0.6 is 15.9 Å². The molecule has 1 heterocycles. The molecule has 1 aliphatic rings. The van der Waals surface area contributed by atoms with Gasteiger partial charge in [0.05, 0.1) is 0 Å². The minimum atomic E-state index is 0.209. The predicted octanol–water partition coefficient (Wildman–Crippen LogP) is 2.80. The van der Waals surface area contributed by atoms with Crippen molar-refractivity contribution in [2.24, 2.45) is 5.92 Å². The van der Waals surface area contributed by atoms with Gasteiger partial charge in [-0.2, -0.15) is 0 Å². The first-order valence-corrected chi connectivity index (χ1v) is 7.73. The molecule has 4 heteroatoms. The number of hydrogen-bond donors (Lipinski definition) is 1. The number of carbonyl (C=O) groups excluding carboxylic acids is 1. The Morgan fingerprint density at radius 3 is 2.53 bits per heavy atom. The van der Waals surface area contributed by atoms with Gasteiger partial charge in [0.1, 0.15) is 0 Å². The molecule has 1 N–H and O–H groups in total. The molecule has 0 spiro atoms. The number of carbonyl (C=O) groups is 1. The number of amides is 1. The second-order valence-electron chi connectivity index (χ2n) is 5.07. The second kappa shape index (κ2) is 7.06. The summed E-state index contributed by atoms with van der Waals surface area (Å²) in [5, 5.41) is 2.92. The lowest BCUT2D eigenvalue weighted by atomic mass is 9.95. The Morgan fingerprint density at radius 2 is 1.95 bits per heavy atom. The number of piperidine rings is 1. The molecular weight excluding hydrogens is 304 g/mol. The third-order valence-electron chi connectivity index (χ3n) is 3.63. The van der Waals surface area contributed by atoms with Gasteiger partial charge in [0.25, 0.3) is 0 Å². The van der Waals surface area contributed by atoms with E-state index in [9.17, 15) is 4.79 Å². The van der Waals surface area contributed by atoms with Crippen LogP contribution < -0.4 is 5.32 Å². The smallest absolute Gasteiger partial charge is 0.223 e. The van der Waals surface area contributed by atoms with Gasteiger partial charge in [-0.05, 0) is 50.6 Å². The Morgan fingerprint density at radius 1 is 1.32 bits per heavy atom. The van der Waals surface area contributed by atoms with E-state index < -0.39 is 0 Å². The van der Waals surface area contributed by atoms with Crippen LogP contribution in [0.5, 0.6) is 0 Å². The molecule has 3 nitrogen and oxygen atoms in total. The lowest BCUT2D eigenvalue weighted by Gasteiger charge is -2.31. The summed E-state index contributed by atoms with van der Waals surface area (Å²) in [5.41, 5.74) is 1.33. The molecule has 1 fully saturated rings. The van der Waals surface area contributed by atoms with Gasteiger partial charge in [0.2, 0.25) is 5.91 Å². The van der Waals surface area contributed by atoms with Crippen molar-refractivity contribution in [2.75, 3.05) is 19.6 Å². The van der Waals surface area contributed by atoms with E-state index in [0.717, 1.165) is 43.5 Å². The quantitative estimate of drug-likeness (QED) is 0.923. The fraction of sp³-hybridized carbons (Fsp3) is 0.533.